The molecule has 92 valence electrons. The Morgan fingerprint density at radius 1 is 1.44 bits per heavy atom. The van der Waals surface area contributed by atoms with E-state index in [1.54, 1.807) is 12.1 Å². The lowest BCUT2D eigenvalue weighted by Gasteiger charge is -2.26. The van der Waals surface area contributed by atoms with Gasteiger partial charge in [-0.05, 0) is 30.7 Å². The average Bonchev–Trinajstić information content (AvgIpc) is 2.77. The van der Waals surface area contributed by atoms with Crippen molar-refractivity contribution in [2.45, 2.75) is 18.7 Å². The summed E-state index contributed by atoms with van der Waals surface area (Å²) in [6.07, 6.45) is 2.98. The number of carbonyl (C=O) groups is 1. The second-order valence-corrected chi connectivity index (χ2v) is 4.38. The highest BCUT2D eigenvalue weighted by Gasteiger charge is 2.30. The van der Waals surface area contributed by atoms with Gasteiger partial charge in [-0.2, -0.15) is 5.11 Å². The molecule has 0 saturated heterocycles. The Labute approximate surface area is 103 Å². The van der Waals surface area contributed by atoms with Crippen LogP contribution in [0, 0.1) is 0 Å². The van der Waals surface area contributed by atoms with Crippen molar-refractivity contribution in [2.75, 3.05) is 5.32 Å². The predicted molar refractivity (Wildman–Crippen MR) is 64.9 cm³/mol. The van der Waals surface area contributed by atoms with Gasteiger partial charge in [-0.15, -0.1) is 5.11 Å². The number of aliphatic hydroxyl groups is 1. The number of benzene rings is 1. The topological polar surface area (TPSA) is 86.1 Å². The number of nitrogens with one attached hydrogen (secondary N) is 2. The summed E-state index contributed by atoms with van der Waals surface area (Å²) < 4.78 is 0. The molecule has 0 saturated carbocycles. The van der Waals surface area contributed by atoms with Crippen molar-refractivity contribution >= 4 is 11.7 Å². The third kappa shape index (κ3) is 1.58. The van der Waals surface area contributed by atoms with Crippen LogP contribution in [0.25, 0.3) is 0 Å². The minimum atomic E-state index is -1.39. The standard InChI is InChI=1S/C12H12N4O2/c1-7-9-6-8(12(18)4-5-13-16-12)2-3-10(9)15-11(17)14-7/h2-7,18H,1H3,(H2,14,15,17). The van der Waals surface area contributed by atoms with E-state index < -0.39 is 5.72 Å². The number of urea groups is 1. The lowest BCUT2D eigenvalue weighted by Crippen LogP contribution is -2.36. The Kier molecular flexibility index (Phi) is 2.21. The molecule has 0 radical (unpaired) electrons. The molecular formula is C12H12N4O2. The summed E-state index contributed by atoms with van der Waals surface area (Å²) in [6.45, 7) is 1.89. The van der Waals surface area contributed by atoms with Crippen molar-refractivity contribution < 1.29 is 9.90 Å². The van der Waals surface area contributed by atoms with Gasteiger partial charge >= 0.3 is 6.03 Å². The van der Waals surface area contributed by atoms with Crippen LogP contribution in [0.1, 0.15) is 24.1 Å². The van der Waals surface area contributed by atoms with Crippen LogP contribution >= 0.6 is 0 Å². The molecule has 0 bridgehead atoms. The van der Waals surface area contributed by atoms with E-state index in [2.05, 4.69) is 20.9 Å². The van der Waals surface area contributed by atoms with Gasteiger partial charge in [0, 0.05) is 11.3 Å². The molecule has 18 heavy (non-hydrogen) atoms. The second-order valence-electron chi connectivity index (χ2n) is 4.38. The molecule has 2 heterocycles. The molecule has 6 nitrogen and oxygen atoms in total. The van der Waals surface area contributed by atoms with Crippen LogP contribution in [0.2, 0.25) is 0 Å². The zero-order valence-corrected chi connectivity index (χ0v) is 9.71. The Morgan fingerprint density at radius 2 is 2.28 bits per heavy atom. The third-order valence-electron chi connectivity index (χ3n) is 3.12. The van der Waals surface area contributed by atoms with Gasteiger partial charge in [-0.3, -0.25) is 0 Å². The number of rotatable bonds is 1. The predicted octanol–water partition coefficient (Wildman–Crippen LogP) is 2.01. The lowest BCUT2D eigenvalue weighted by molar-refractivity contribution is 0.0978. The average molecular weight is 244 g/mol. The highest BCUT2D eigenvalue weighted by molar-refractivity contribution is 5.93. The molecule has 3 N–H and O–H groups in total. The fourth-order valence-corrected chi connectivity index (χ4v) is 2.14. The summed E-state index contributed by atoms with van der Waals surface area (Å²) in [5.41, 5.74) is 0.896. The molecule has 3 rings (SSSR count). The van der Waals surface area contributed by atoms with E-state index in [4.69, 9.17) is 0 Å². The van der Waals surface area contributed by atoms with Gasteiger partial charge < -0.3 is 15.7 Å². The summed E-state index contributed by atoms with van der Waals surface area (Å²) in [7, 11) is 0. The first-order valence-electron chi connectivity index (χ1n) is 5.62. The molecule has 1 aromatic carbocycles. The SMILES string of the molecule is CC1NC(=O)Nc2ccc(C3(O)C=CN=N3)cc21. The number of carbonyl (C=O) groups excluding carboxylic acids is 1. The van der Waals surface area contributed by atoms with Gasteiger partial charge in [-0.25, -0.2) is 4.79 Å². The summed E-state index contributed by atoms with van der Waals surface area (Å²) in [4.78, 5) is 11.3. The fraction of sp³-hybridized carbons (Fsp3) is 0.250. The van der Waals surface area contributed by atoms with Gasteiger partial charge in [0.1, 0.15) is 0 Å². The first-order valence-corrected chi connectivity index (χ1v) is 5.62. The normalized spacial score (nSPS) is 28.8. The van der Waals surface area contributed by atoms with Crippen molar-refractivity contribution in [3.8, 4) is 0 Å². The highest BCUT2D eigenvalue weighted by atomic mass is 16.3. The molecule has 0 aliphatic carbocycles. The van der Waals surface area contributed by atoms with Gasteiger partial charge in [0.05, 0.1) is 12.2 Å². The third-order valence-corrected chi connectivity index (χ3v) is 3.12. The van der Waals surface area contributed by atoms with E-state index in [9.17, 15) is 9.90 Å². The van der Waals surface area contributed by atoms with Gasteiger partial charge in [0.25, 0.3) is 0 Å². The van der Waals surface area contributed by atoms with Crippen LogP contribution in [0.15, 0.2) is 40.7 Å². The number of azo groups is 1. The summed E-state index contributed by atoms with van der Waals surface area (Å²) in [6, 6.07) is 4.98. The smallest absolute Gasteiger partial charge is 0.319 e. The van der Waals surface area contributed by atoms with Crippen LogP contribution in [0.4, 0.5) is 10.5 Å². The number of anilines is 1. The first-order chi connectivity index (χ1) is 8.58. The Hall–Kier alpha value is -2.21. The maximum Gasteiger partial charge on any atom is 0.319 e. The monoisotopic (exact) mass is 244 g/mol. The quantitative estimate of drug-likeness (QED) is 0.705. The van der Waals surface area contributed by atoms with Crippen molar-refractivity contribution in [3.63, 3.8) is 0 Å². The summed E-state index contributed by atoms with van der Waals surface area (Å²) in [5, 5.41) is 23.2. The Bertz CT molecular complexity index is 567. The second kappa shape index (κ2) is 3.64. The number of amides is 2. The van der Waals surface area contributed by atoms with Crippen molar-refractivity contribution in [1.82, 2.24) is 5.32 Å². The fourth-order valence-electron chi connectivity index (χ4n) is 2.14. The molecule has 2 amide bonds. The Morgan fingerprint density at radius 3 is 3.00 bits per heavy atom. The van der Waals surface area contributed by atoms with Gasteiger partial charge in [0.2, 0.25) is 5.72 Å². The zero-order chi connectivity index (χ0) is 12.8. The van der Waals surface area contributed by atoms with E-state index in [-0.39, 0.29) is 12.1 Å². The number of nitrogens with zero attached hydrogens (tertiary/aromatic N) is 2. The van der Waals surface area contributed by atoms with Crippen LogP contribution in [-0.2, 0) is 5.72 Å². The molecular weight excluding hydrogens is 232 g/mol. The van der Waals surface area contributed by atoms with Crippen LogP contribution in [0.3, 0.4) is 0 Å². The molecule has 2 atom stereocenters. The number of hydrogen-bond donors (Lipinski definition) is 3. The first kappa shape index (κ1) is 10.9. The maximum atomic E-state index is 11.3. The molecule has 2 unspecified atom stereocenters. The van der Waals surface area contributed by atoms with Crippen LogP contribution < -0.4 is 10.6 Å². The van der Waals surface area contributed by atoms with Crippen molar-refractivity contribution in [1.29, 1.82) is 0 Å². The highest BCUT2D eigenvalue weighted by Crippen LogP contribution is 2.34. The molecule has 2 aliphatic rings. The van der Waals surface area contributed by atoms with Crippen molar-refractivity contribution in [3.05, 3.63) is 41.6 Å². The minimum Gasteiger partial charge on any atom is -0.361 e. The molecule has 1 aromatic rings. The summed E-state index contributed by atoms with van der Waals surface area (Å²) >= 11 is 0. The molecule has 0 fully saturated rings. The number of fused-ring (bicyclic) bond motifs is 1. The Balaban J connectivity index is 2.06. The van der Waals surface area contributed by atoms with Crippen LogP contribution in [0.5, 0.6) is 0 Å². The molecule has 0 aromatic heterocycles. The van der Waals surface area contributed by atoms with E-state index in [0.29, 0.717) is 5.56 Å². The van der Waals surface area contributed by atoms with Crippen molar-refractivity contribution in [2.24, 2.45) is 10.2 Å². The van der Waals surface area contributed by atoms with E-state index in [1.807, 2.05) is 13.0 Å². The number of hydrogen-bond acceptors (Lipinski definition) is 4. The van der Waals surface area contributed by atoms with Gasteiger partial charge in [0.15, 0.2) is 0 Å². The van der Waals surface area contributed by atoms with Crippen LogP contribution in [-0.4, -0.2) is 11.1 Å². The van der Waals surface area contributed by atoms with E-state index in [0.717, 1.165) is 11.3 Å². The van der Waals surface area contributed by atoms with E-state index >= 15 is 0 Å². The maximum absolute atomic E-state index is 11.3. The largest absolute Gasteiger partial charge is 0.361 e. The molecule has 0 spiro atoms. The lowest BCUT2D eigenvalue weighted by atomic mass is 9.96. The van der Waals surface area contributed by atoms with E-state index in [1.165, 1.54) is 12.3 Å². The molecule has 6 heteroatoms. The molecule has 2 aliphatic heterocycles. The minimum absolute atomic E-state index is 0.111. The van der Waals surface area contributed by atoms with Gasteiger partial charge in [-0.1, -0.05) is 6.07 Å². The summed E-state index contributed by atoms with van der Waals surface area (Å²) in [5.74, 6) is 0. The zero-order valence-electron chi connectivity index (χ0n) is 9.71.